The zero-order valence-corrected chi connectivity index (χ0v) is 33.1. The Morgan fingerprint density at radius 3 is 0.983 bits per heavy atom. The lowest BCUT2D eigenvalue weighted by Crippen LogP contribution is -2.10. The normalized spacial score (nSPS) is 10.5. The molecule has 0 atom stereocenters. The largest absolute Gasteiger partial charge is 0.311 e. The molecular formula is C58H42N2. The molecule has 0 fully saturated rings. The van der Waals surface area contributed by atoms with Crippen molar-refractivity contribution < 1.29 is 0 Å². The summed E-state index contributed by atoms with van der Waals surface area (Å²) < 4.78 is 0. The molecule has 60 heavy (non-hydrogen) atoms. The molecule has 9 aromatic carbocycles. The van der Waals surface area contributed by atoms with Crippen LogP contribution < -0.4 is 9.80 Å². The fourth-order valence-electron chi connectivity index (χ4n) is 7.47. The summed E-state index contributed by atoms with van der Waals surface area (Å²) in [5.41, 5.74) is 15.5. The number of nitrogens with zero attached hydrogens (tertiary/aromatic N) is 2. The number of hydrogen-bond acceptors (Lipinski definition) is 2. The van der Waals surface area contributed by atoms with Gasteiger partial charge in [-0.25, -0.2) is 0 Å². The molecule has 2 nitrogen and oxygen atoms in total. The molecule has 0 aliphatic heterocycles. The van der Waals surface area contributed by atoms with Crippen molar-refractivity contribution in [1.29, 1.82) is 0 Å². The van der Waals surface area contributed by atoms with Crippen molar-refractivity contribution in [1.82, 2.24) is 0 Å². The van der Waals surface area contributed by atoms with Gasteiger partial charge in [0.2, 0.25) is 0 Å². The highest BCUT2D eigenvalue weighted by molar-refractivity contribution is 5.92. The van der Waals surface area contributed by atoms with E-state index in [1.165, 1.54) is 16.7 Å². The molecule has 0 N–H and O–H groups in total. The molecule has 0 spiro atoms. The Kier molecular flexibility index (Phi) is 11.2. The first-order chi connectivity index (χ1) is 29.7. The van der Waals surface area contributed by atoms with Crippen LogP contribution in [0.15, 0.2) is 249 Å². The molecule has 0 saturated heterocycles. The van der Waals surface area contributed by atoms with Crippen LogP contribution in [-0.2, 0) is 0 Å². The van der Waals surface area contributed by atoms with E-state index in [1.54, 1.807) is 0 Å². The van der Waals surface area contributed by atoms with Crippen molar-refractivity contribution in [2.24, 2.45) is 0 Å². The summed E-state index contributed by atoms with van der Waals surface area (Å²) in [6.07, 6.45) is 2.28. The van der Waals surface area contributed by atoms with E-state index in [2.05, 4.69) is 246 Å². The van der Waals surface area contributed by atoms with Gasteiger partial charge in [0, 0.05) is 45.3 Å². The molecule has 0 heterocycles. The molecule has 0 aromatic heterocycles. The highest BCUT2D eigenvalue weighted by Gasteiger charge is 2.15. The van der Waals surface area contributed by atoms with Crippen LogP contribution in [0.3, 0.4) is 0 Å². The van der Waals surface area contributed by atoms with Crippen LogP contribution in [0.25, 0.3) is 22.8 Å². The van der Waals surface area contributed by atoms with Crippen LogP contribution in [0, 0.1) is 11.8 Å². The zero-order valence-electron chi connectivity index (χ0n) is 33.1. The third kappa shape index (κ3) is 8.72. The van der Waals surface area contributed by atoms with Crippen LogP contribution >= 0.6 is 0 Å². The second-order valence-electron chi connectivity index (χ2n) is 14.5. The maximum Gasteiger partial charge on any atom is 0.0462 e. The van der Waals surface area contributed by atoms with E-state index in [9.17, 15) is 0 Å². The summed E-state index contributed by atoms with van der Waals surface area (Å²) in [4.78, 5) is 4.59. The van der Waals surface area contributed by atoms with Gasteiger partial charge in [0.1, 0.15) is 0 Å². The summed E-state index contributed by atoms with van der Waals surface area (Å²) in [7, 11) is 0. The molecule has 2 heteroatoms. The lowest BCUT2D eigenvalue weighted by molar-refractivity contribution is 1.28. The minimum atomic E-state index is 0.977. The Morgan fingerprint density at radius 2 is 0.583 bits per heavy atom. The lowest BCUT2D eigenvalue weighted by atomic mass is 9.95. The van der Waals surface area contributed by atoms with Gasteiger partial charge in [-0.05, 0) is 137 Å². The Morgan fingerprint density at radius 1 is 0.283 bits per heavy atom. The monoisotopic (exact) mass is 766 g/mol. The minimum Gasteiger partial charge on any atom is -0.311 e. The van der Waals surface area contributed by atoms with Crippen LogP contribution in [0.2, 0.25) is 0 Å². The quantitative estimate of drug-likeness (QED) is 0.101. The van der Waals surface area contributed by atoms with Crippen LogP contribution in [-0.4, -0.2) is 0 Å². The predicted octanol–water partition coefficient (Wildman–Crippen LogP) is 15.3. The molecule has 0 unspecified atom stereocenters. The number of rotatable bonds is 10. The van der Waals surface area contributed by atoms with E-state index < -0.39 is 0 Å². The van der Waals surface area contributed by atoms with Gasteiger partial charge in [-0.1, -0.05) is 164 Å². The molecular weight excluding hydrogens is 725 g/mol. The van der Waals surface area contributed by atoms with Crippen LogP contribution in [0.5, 0.6) is 0 Å². The van der Waals surface area contributed by atoms with Gasteiger partial charge in [0.25, 0.3) is 0 Å². The zero-order chi connectivity index (χ0) is 40.4. The molecule has 0 radical (unpaired) electrons. The first-order valence-corrected chi connectivity index (χ1v) is 20.3. The number of anilines is 6. The minimum absolute atomic E-state index is 0.977. The Labute approximate surface area is 353 Å². The third-order valence-electron chi connectivity index (χ3n) is 10.5. The molecule has 9 aromatic rings. The summed E-state index contributed by atoms with van der Waals surface area (Å²) >= 11 is 0. The molecule has 0 saturated carbocycles. The fraction of sp³-hybridized carbons (Fsp3) is 0. The Balaban J connectivity index is 0.979. The highest BCUT2D eigenvalue weighted by atomic mass is 15.1. The second-order valence-corrected chi connectivity index (χ2v) is 14.5. The number of para-hydroxylation sites is 2. The van der Waals surface area contributed by atoms with Crippen LogP contribution in [0.1, 0.15) is 27.8 Å². The molecule has 0 aliphatic rings. The SMILES string of the molecule is C(#Cc1ccc(N(c2ccccc2)c2ccc(-c3ccc(N(c4ccccc4)c4ccc(C=C(c5ccccc5)c5ccccc5)cc4)cc3)cc2)cc1)c1ccccc1. The lowest BCUT2D eigenvalue weighted by Gasteiger charge is -2.26. The van der Waals surface area contributed by atoms with E-state index in [0.29, 0.717) is 0 Å². The van der Waals surface area contributed by atoms with Crippen molar-refractivity contribution >= 4 is 45.8 Å². The van der Waals surface area contributed by atoms with E-state index in [0.717, 1.165) is 61.9 Å². The van der Waals surface area contributed by atoms with Crippen molar-refractivity contribution in [3.8, 4) is 23.0 Å². The second kappa shape index (κ2) is 18.0. The van der Waals surface area contributed by atoms with Crippen molar-refractivity contribution in [2.45, 2.75) is 0 Å². The molecule has 0 amide bonds. The van der Waals surface area contributed by atoms with E-state index in [4.69, 9.17) is 0 Å². The van der Waals surface area contributed by atoms with Crippen molar-refractivity contribution in [3.63, 3.8) is 0 Å². The molecule has 9 rings (SSSR count). The van der Waals surface area contributed by atoms with Gasteiger partial charge in [-0.3, -0.25) is 0 Å². The molecule has 0 bridgehead atoms. The topological polar surface area (TPSA) is 6.48 Å². The van der Waals surface area contributed by atoms with Crippen molar-refractivity contribution in [3.05, 3.63) is 277 Å². The van der Waals surface area contributed by atoms with Gasteiger partial charge in [0.05, 0.1) is 0 Å². The smallest absolute Gasteiger partial charge is 0.0462 e. The third-order valence-corrected chi connectivity index (χ3v) is 10.5. The number of benzene rings is 9. The molecule has 284 valence electrons. The average Bonchev–Trinajstić information content (AvgIpc) is 3.33. The average molecular weight is 767 g/mol. The van der Waals surface area contributed by atoms with Crippen molar-refractivity contribution in [2.75, 3.05) is 9.80 Å². The van der Waals surface area contributed by atoms with Crippen LogP contribution in [0.4, 0.5) is 34.1 Å². The van der Waals surface area contributed by atoms with E-state index in [-0.39, 0.29) is 0 Å². The summed E-state index contributed by atoms with van der Waals surface area (Å²) in [6, 6.07) is 87.3. The van der Waals surface area contributed by atoms with E-state index >= 15 is 0 Å². The predicted molar refractivity (Wildman–Crippen MR) is 254 cm³/mol. The standard InChI is InChI=1S/C58H42N2/c1-6-16-45(17-7-1)26-27-46-28-36-54(37-29-46)59(52-22-12-4-13-23-52)56-40-32-48(33-41-56)49-34-42-57(43-35-49)60(53-24-14-5-15-25-53)55-38-30-47(31-39-55)44-58(50-18-8-2-9-19-50)51-20-10-3-11-21-51/h1-25,28-44H. The maximum absolute atomic E-state index is 3.31. The number of hydrogen-bond donors (Lipinski definition) is 0. The van der Waals surface area contributed by atoms with Gasteiger partial charge in [-0.15, -0.1) is 0 Å². The van der Waals surface area contributed by atoms with Gasteiger partial charge in [0.15, 0.2) is 0 Å². The van der Waals surface area contributed by atoms with E-state index in [1.807, 2.05) is 30.3 Å². The Bertz CT molecular complexity index is 2800. The van der Waals surface area contributed by atoms with Gasteiger partial charge in [-0.2, -0.15) is 0 Å². The van der Waals surface area contributed by atoms with Gasteiger partial charge >= 0.3 is 0 Å². The Hall–Kier alpha value is -8.12. The highest BCUT2D eigenvalue weighted by Crippen LogP contribution is 2.38. The first-order valence-electron chi connectivity index (χ1n) is 20.3. The summed E-state index contributed by atoms with van der Waals surface area (Å²) in [5, 5.41) is 0. The summed E-state index contributed by atoms with van der Waals surface area (Å²) in [6.45, 7) is 0. The fourth-order valence-corrected chi connectivity index (χ4v) is 7.47. The maximum atomic E-state index is 3.31. The van der Waals surface area contributed by atoms with Gasteiger partial charge < -0.3 is 9.80 Å². The first kappa shape index (κ1) is 37.5. The molecule has 0 aliphatic carbocycles. The summed E-state index contributed by atoms with van der Waals surface area (Å²) in [5.74, 6) is 6.58.